The lowest BCUT2D eigenvalue weighted by molar-refractivity contribution is -0.183. The fraction of sp³-hybridized carbons (Fsp3) is 0.923. The first kappa shape index (κ1) is 21.5. The van der Waals surface area contributed by atoms with E-state index >= 15 is 0 Å². The molecule has 0 spiro atoms. The number of rotatable bonds is 4. The largest absolute Gasteiger partial charge is 0.457 e. The molecule has 12 fully saturated rings. The molecule has 0 aliphatic heterocycles. The van der Waals surface area contributed by atoms with Crippen LogP contribution in [0.15, 0.2) is 0 Å². The van der Waals surface area contributed by atoms with Crippen molar-refractivity contribution >= 4 is 75.7 Å². The van der Waals surface area contributed by atoms with Crippen molar-refractivity contribution < 1.29 is 28.5 Å². The van der Waals surface area contributed by atoms with Crippen molar-refractivity contribution in [3.8, 4) is 0 Å². The fourth-order valence-electron chi connectivity index (χ4n) is 16.7. The van der Waals surface area contributed by atoms with Crippen LogP contribution in [-0.4, -0.2) is 65.9 Å². The highest BCUT2D eigenvalue weighted by Crippen LogP contribution is 3.10. The molecule has 0 aromatic carbocycles. The zero-order valence-corrected chi connectivity index (χ0v) is 26.2. The van der Waals surface area contributed by atoms with Crippen LogP contribution < -0.4 is 0 Å². The molecule has 20 atom stereocenters. The molecule has 12 aliphatic rings. The van der Waals surface area contributed by atoms with Crippen molar-refractivity contribution in [1.29, 1.82) is 0 Å². The summed E-state index contributed by atoms with van der Waals surface area (Å²) in [5.41, 5.74) is -2.30. The van der Waals surface area contributed by atoms with Gasteiger partial charge in [-0.3, -0.25) is 9.59 Å². The van der Waals surface area contributed by atoms with Gasteiger partial charge in [-0.15, -0.1) is 0 Å². The predicted molar refractivity (Wildman–Crippen MR) is 137 cm³/mol. The summed E-state index contributed by atoms with van der Waals surface area (Å²) in [6.45, 7) is 3.15. The Hall–Kier alpha value is 0.780. The van der Waals surface area contributed by atoms with E-state index < -0.39 is 31.1 Å². The topological polar surface area (TPSA) is 71.1 Å². The molecule has 12 rings (SSSR count). The van der Waals surface area contributed by atoms with E-state index in [1.54, 1.807) is 13.8 Å². The number of ether oxygens (including phenoxy) is 4. The van der Waals surface area contributed by atoms with Crippen molar-refractivity contribution in [3.05, 3.63) is 0 Å². The van der Waals surface area contributed by atoms with Crippen LogP contribution in [0.2, 0.25) is 0 Å². The molecule has 12 aliphatic carbocycles. The summed E-state index contributed by atoms with van der Waals surface area (Å²) >= 11 is 18.0. The summed E-state index contributed by atoms with van der Waals surface area (Å²) in [5, 5.41) is 0. The summed E-state index contributed by atoms with van der Waals surface area (Å²) in [6, 6.07) is 0. The number of carbonyl (C=O) groups is 2. The van der Waals surface area contributed by atoms with Gasteiger partial charge in [0.2, 0.25) is 0 Å². The zero-order chi connectivity index (χ0) is 24.9. The summed E-state index contributed by atoms with van der Waals surface area (Å²) in [7, 11) is 3.75. The second kappa shape index (κ2) is 4.82. The van der Waals surface area contributed by atoms with Gasteiger partial charge < -0.3 is 18.9 Å². The number of hydrogen-bond acceptors (Lipinski definition) is 6. The number of alkyl halides is 4. The van der Waals surface area contributed by atoms with E-state index in [1.807, 2.05) is 14.2 Å². The second-order valence-corrected chi connectivity index (χ2v) is 19.2. The molecule has 0 bridgehead atoms. The predicted octanol–water partition coefficient (Wildman–Crippen LogP) is 3.44. The number of carbonyl (C=O) groups excluding carboxylic acids is 2. The van der Waals surface area contributed by atoms with Gasteiger partial charge in [0.15, 0.2) is 0 Å². The third kappa shape index (κ3) is 1.11. The molecule has 12 saturated carbocycles. The molecule has 36 heavy (non-hydrogen) atoms. The third-order valence-electron chi connectivity index (χ3n) is 15.0. The van der Waals surface area contributed by atoms with Crippen LogP contribution in [-0.2, 0) is 28.5 Å². The number of hydrogen-bond donors (Lipinski definition) is 0. The molecule has 0 aromatic heterocycles. The fourth-order valence-corrected chi connectivity index (χ4v) is 25.0. The highest BCUT2D eigenvalue weighted by Gasteiger charge is 3.20. The maximum absolute atomic E-state index is 13.0. The average molecular weight is 752 g/mol. The van der Waals surface area contributed by atoms with Crippen molar-refractivity contribution in [2.24, 2.45) is 71.0 Å². The monoisotopic (exact) mass is 748 g/mol. The third-order valence-corrected chi connectivity index (χ3v) is 21.4. The lowest BCUT2D eigenvalue weighted by atomic mass is 9.71. The summed E-state index contributed by atoms with van der Waals surface area (Å²) < 4.78 is 25.9. The van der Waals surface area contributed by atoms with Gasteiger partial charge in [-0.05, 0) is 23.7 Å². The minimum absolute atomic E-state index is 0.0691. The van der Waals surface area contributed by atoms with Gasteiger partial charge in [-0.25, -0.2) is 0 Å². The van der Waals surface area contributed by atoms with Crippen LogP contribution in [0.5, 0.6) is 0 Å². The smallest absolute Gasteiger partial charge is 0.303 e. The van der Waals surface area contributed by atoms with E-state index in [2.05, 4.69) is 63.7 Å². The van der Waals surface area contributed by atoms with Crippen LogP contribution in [0.3, 0.4) is 0 Å². The minimum atomic E-state index is -0.647. The van der Waals surface area contributed by atoms with E-state index in [4.69, 9.17) is 18.9 Å². The van der Waals surface area contributed by atoms with Crippen LogP contribution in [0.25, 0.3) is 0 Å². The highest BCUT2D eigenvalue weighted by molar-refractivity contribution is 9.11. The van der Waals surface area contributed by atoms with Gasteiger partial charge in [0.25, 0.3) is 0 Å². The first-order chi connectivity index (χ1) is 16.9. The Morgan fingerprint density at radius 3 is 1.08 bits per heavy atom. The standard InChI is InChI=1S/C26H24Br4O6/c1-5(31)35-25-15-7-8-12-19(15,27)23(33-3)14-10-9(17(23)25)13-21(25,29)11(7)20(28)16(8)26(22(12,14)30,36-6(2)32)18(10)24(13,20)34-4/h7-18H,1-4H3/t7-,8+,9-,10+,11-,12-,13-,14-,15+,16+,17-,18-,19+,20+,21+,22+,23-,24-,25-,26-/m1/s1. The molecule has 192 valence electrons. The Labute approximate surface area is 241 Å². The van der Waals surface area contributed by atoms with E-state index in [1.165, 1.54) is 0 Å². The number of halogens is 4. The zero-order valence-electron chi connectivity index (χ0n) is 19.9. The van der Waals surface area contributed by atoms with Crippen LogP contribution >= 0.6 is 63.7 Å². The lowest BCUT2D eigenvalue weighted by Gasteiger charge is -2.49. The Morgan fingerprint density at radius 2 is 0.778 bits per heavy atom. The molecule has 0 saturated heterocycles. The molecule has 0 unspecified atom stereocenters. The Balaban J connectivity index is 1.39. The highest BCUT2D eigenvalue weighted by atomic mass is 79.9. The molecule has 6 nitrogen and oxygen atoms in total. The Bertz CT molecular complexity index is 1260. The molecular weight excluding hydrogens is 728 g/mol. The van der Waals surface area contributed by atoms with E-state index in [0.717, 1.165) is 0 Å². The minimum Gasteiger partial charge on any atom is -0.457 e. The van der Waals surface area contributed by atoms with Gasteiger partial charge >= 0.3 is 11.9 Å². The van der Waals surface area contributed by atoms with Crippen molar-refractivity contribution in [2.75, 3.05) is 14.2 Å². The molecule has 0 radical (unpaired) electrons. The Kier molecular flexibility index (Phi) is 2.88. The van der Waals surface area contributed by atoms with E-state index in [9.17, 15) is 9.59 Å². The van der Waals surface area contributed by atoms with Gasteiger partial charge in [0.1, 0.15) is 11.2 Å². The molecule has 0 heterocycles. The van der Waals surface area contributed by atoms with Crippen molar-refractivity contribution in [2.45, 2.75) is 53.5 Å². The summed E-state index contributed by atoms with van der Waals surface area (Å²) in [6.07, 6.45) is 0. The molecule has 0 aromatic rings. The van der Waals surface area contributed by atoms with E-state index in [-0.39, 0.29) is 79.8 Å². The first-order valence-electron chi connectivity index (χ1n) is 13.2. The maximum atomic E-state index is 13.0. The molecule has 0 N–H and O–H groups in total. The quantitative estimate of drug-likeness (QED) is 0.324. The van der Waals surface area contributed by atoms with Crippen molar-refractivity contribution in [1.82, 2.24) is 0 Å². The normalized spacial score (nSPS) is 81.6. The lowest BCUT2D eigenvalue weighted by Crippen LogP contribution is -2.62. The van der Waals surface area contributed by atoms with Crippen LogP contribution in [0, 0.1) is 71.0 Å². The van der Waals surface area contributed by atoms with Crippen LogP contribution in [0.4, 0.5) is 0 Å². The number of esters is 2. The van der Waals surface area contributed by atoms with Gasteiger partial charge in [-0.1, -0.05) is 63.7 Å². The maximum Gasteiger partial charge on any atom is 0.303 e. The SMILES string of the molecule is CO[C@]12[C@H]3[C@@H]4[C@@H]5[C@@H]6[C@]7(OC)[C@H]4[C@@]4(Br)[C@@H]8[C@H]9[C@H]%10[C@H]([C@]1(Br)[C@H]9[C@@]34OC(C)=O)[C@](Br)([C@@H]52)[C@@]6(OC(C)=O)[C@@H]%10[C@@]87Br. The van der Waals surface area contributed by atoms with Gasteiger partial charge in [0, 0.05) is 75.4 Å². The molecule has 10 heteroatoms. The van der Waals surface area contributed by atoms with Crippen LogP contribution in [0.1, 0.15) is 13.8 Å². The van der Waals surface area contributed by atoms with Gasteiger partial charge in [-0.2, -0.15) is 0 Å². The first-order valence-corrected chi connectivity index (χ1v) is 16.3. The summed E-state index contributed by atoms with van der Waals surface area (Å²) in [5.74, 6) is 1.86. The molecule has 0 amide bonds. The average Bonchev–Trinajstić information content (AvgIpc) is 3.60. The summed E-state index contributed by atoms with van der Waals surface area (Å²) in [4.78, 5) is 26.0. The Morgan fingerprint density at radius 1 is 0.500 bits per heavy atom. The van der Waals surface area contributed by atoms with Gasteiger partial charge in [0.05, 0.1) is 28.5 Å². The van der Waals surface area contributed by atoms with E-state index in [0.29, 0.717) is 11.8 Å². The number of methoxy groups -OCH3 is 2. The second-order valence-electron chi connectivity index (χ2n) is 14.0. The van der Waals surface area contributed by atoms with Crippen molar-refractivity contribution in [3.63, 3.8) is 0 Å². The molecular formula is C26H24Br4O6.